The first-order valence-corrected chi connectivity index (χ1v) is 5.05. The largest absolute Gasteiger partial charge is 0.247 e. The van der Waals surface area contributed by atoms with E-state index in [4.69, 9.17) is 5.26 Å². The molecule has 14 heavy (non-hydrogen) atoms. The Kier molecular flexibility index (Phi) is 2.24. The molecular weight excluding hydrogens is 176 g/mol. The lowest BCUT2D eigenvalue weighted by Crippen LogP contribution is -2.16. The number of rotatable bonds is 1. The highest BCUT2D eigenvalue weighted by Gasteiger charge is 2.24. The minimum Gasteiger partial charge on any atom is -0.247 e. The molecule has 0 aliphatic heterocycles. The maximum atomic E-state index is 8.83. The molecule has 1 aliphatic carbocycles. The minimum absolute atomic E-state index is 0.139. The zero-order valence-corrected chi connectivity index (χ0v) is 8.56. The van der Waals surface area contributed by atoms with Crippen molar-refractivity contribution in [2.75, 3.05) is 0 Å². The van der Waals surface area contributed by atoms with Crippen LogP contribution < -0.4 is 0 Å². The van der Waals surface area contributed by atoms with Gasteiger partial charge in [0, 0.05) is 12.5 Å². The predicted octanol–water partition coefficient (Wildman–Crippen LogP) is 1.49. The van der Waals surface area contributed by atoms with Crippen LogP contribution in [0, 0.1) is 17.2 Å². The molecule has 1 aromatic rings. The fraction of sp³-hybridized carbons (Fsp3) is 0.700. The van der Waals surface area contributed by atoms with Crippen LogP contribution in [0.4, 0.5) is 0 Å². The molecule has 1 unspecified atom stereocenters. The van der Waals surface area contributed by atoms with Gasteiger partial charge in [0.15, 0.2) is 0 Å². The molecule has 0 bridgehead atoms. The maximum Gasteiger partial charge on any atom is 0.0872 e. The molecule has 0 amide bonds. The first-order chi connectivity index (χ1) is 6.72. The van der Waals surface area contributed by atoms with Crippen molar-refractivity contribution in [1.29, 1.82) is 5.26 Å². The molecule has 0 aromatic carbocycles. The highest BCUT2D eigenvalue weighted by atomic mass is 15.4. The van der Waals surface area contributed by atoms with Gasteiger partial charge in [-0.3, -0.25) is 0 Å². The van der Waals surface area contributed by atoms with Crippen molar-refractivity contribution in [1.82, 2.24) is 15.0 Å². The molecule has 1 aliphatic rings. The third-order valence-electron chi connectivity index (χ3n) is 2.71. The molecule has 0 fully saturated rings. The summed E-state index contributed by atoms with van der Waals surface area (Å²) >= 11 is 0. The van der Waals surface area contributed by atoms with E-state index < -0.39 is 0 Å². The quantitative estimate of drug-likeness (QED) is 0.674. The van der Waals surface area contributed by atoms with Crippen LogP contribution >= 0.6 is 0 Å². The second-order valence-corrected chi connectivity index (χ2v) is 4.09. The first-order valence-electron chi connectivity index (χ1n) is 5.05. The highest BCUT2D eigenvalue weighted by Crippen LogP contribution is 2.24. The highest BCUT2D eigenvalue weighted by molar-refractivity contribution is 5.17. The molecule has 4 nitrogen and oxygen atoms in total. The van der Waals surface area contributed by atoms with Crippen molar-refractivity contribution < 1.29 is 0 Å². The Bertz CT molecular complexity index is 372. The van der Waals surface area contributed by atoms with Gasteiger partial charge < -0.3 is 0 Å². The van der Waals surface area contributed by atoms with Gasteiger partial charge in [0.05, 0.1) is 23.4 Å². The summed E-state index contributed by atoms with van der Waals surface area (Å²) in [5.74, 6) is 0.139. The van der Waals surface area contributed by atoms with Crippen LogP contribution in [-0.4, -0.2) is 15.0 Å². The molecule has 0 saturated heterocycles. The van der Waals surface area contributed by atoms with Gasteiger partial charge in [0.2, 0.25) is 0 Å². The lowest BCUT2D eigenvalue weighted by atomic mass is 9.91. The average Bonchev–Trinajstić information content (AvgIpc) is 2.59. The van der Waals surface area contributed by atoms with Gasteiger partial charge in [0.1, 0.15) is 0 Å². The second-order valence-electron chi connectivity index (χ2n) is 4.09. The standard InChI is InChI=1S/C10H14N4/c1-7(2)14-10-4-3-8(6-11)5-9(10)12-13-14/h7-8H,3-5H2,1-2H3. The van der Waals surface area contributed by atoms with Crippen LogP contribution in [-0.2, 0) is 12.8 Å². The summed E-state index contributed by atoms with van der Waals surface area (Å²) in [4.78, 5) is 0. The fourth-order valence-corrected chi connectivity index (χ4v) is 1.94. The van der Waals surface area contributed by atoms with Crippen LogP contribution in [0.5, 0.6) is 0 Å². The van der Waals surface area contributed by atoms with Gasteiger partial charge in [-0.1, -0.05) is 5.21 Å². The van der Waals surface area contributed by atoms with E-state index in [0.717, 1.165) is 25.0 Å². The maximum absolute atomic E-state index is 8.83. The number of fused-ring (bicyclic) bond motifs is 1. The van der Waals surface area contributed by atoms with Crippen molar-refractivity contribution in [2.45, 2.75) is 39.2 Å². The fourth-order valence-electron chi connectivity index (χ4n) is 1.94. The second kappa shape index (κ2) is 3.41. The Balaban J connectivity index is 2.30. The van der Waals surface area contributed by atoms with Gasteiger partial charge in [-0.25, -0.2) is 4.68 Å². The summed E-state index contributed by atoms with van der Waals surface area (Å²) < 4.78 is 1.98. The Hall–Kier alpha value is -1.37. The zero-order valence-electron chi connectivity index (χ0n) is 8.56. The molecule has 1 atom stereocenters. The normalized spacial score (nSPS) is 20.6. The monoisotopic (exact) mass is 190 g/mol. The van der Waals surface area contributed by atoms with Crippen molar-refractivity contribution in [3.8, 4) is 6.07 Å². The third-order valence-corrected chi connectivity index (χ3v) is 2.71. The molecule has 1 heterocycles. The number of aromatic nitrogens is 3. The summed E-state index contributed by atoms with van der Waals surface area (Å²) in [7, 11) is 0. The lowest BCUT2D eigenvalue weighted by Gasteiger charge is -2.17. The molecule has 74 valence electrons. The van der Waals surface area contributed by atoms with Crippen LogP contribution in [0.2, 0.25) is 0 Å². The summed E-state index contributed by atoms with van der Waals surface area (Å²) in [6.07, 6.45) is 2.67. The molecule has 2 rings (SSSR count). The Morgan fingerprint density at radius 2 is 2.36 bits per heavy atom. The van der Waals surface area contributed by atoms with E-state index in [9.17, 15) is 0 Å². The lowest BCUT2D eigenvalue weighted by molar-refractivity contribution is 0.473. The summed E-state index contributed by atoms with van der Waals surface area (Å²) in [5.41, 5.74) is 2.25. The van der Waals surface area contributed by atoms with E-state index in [2.05, 4.69) is 30.2 Å². The van der Waals surface area contributed by atoms with Crippen molar-refractivity contribution >= 4 is 0 Å². The SMILES string of the molecule is CC(C)n1nnc2c1CCC(C#N)C2. The van der Waals surface area contributed by atoms with E-state index in [-0.39, 0.29) is 5.92 Å². The topological polar surface area (TPSA) is 54.5 Å². The van der Waals surface area contributed by atoms with Crippen LogP contribution in [0.15, 0.2) is 0 Å². The number of nitriles is 1. The van der Waals surface area contributed by atoms with E-state index in [0.29, 0.717) is 6.04 Å². The predicted molar refractivity (Wildman–Crippen MR) is 51.5 cm³/mol. The average molecular weight is 190 g/mol. The number of nitrogens with zero attached hydrogens (tertiary/aromatic N) is 4. The number of hydrogen-bond acceptors (Lipinski definition) is 3. The van der Waals surface area contributed by atoms with E-state index in [1.807, 2.05) is 4.68 Å². The van der Waals surface area contributed by atoms with Gasteiger partial charge in [-0.2, -0.15) is 5.26 Å². The van der Waals surface area contributed by atoms with E-state index >= 15 is 0 Å². The molecule has 1 aromatic heterocycles. The van der Waals surface area contributed by atoms with Gasteiger partial charge >= 0.3 is 0 Å². The number of hydrogen-bond donors (Lipinski definition) is 0. The van der Waals surface area contributed by atoms with Crippen molar-refractivity contribution in [3.05, 3.63) is 11.4 Å². The molecule has 0 radical (unpaired) electrons. The molecule has 0 saturated carbocycles. The Morgan fingerprint density at radius 1 is 1.57 bits per heavy atom. The molecular formula is C10H14N4. The van der Waals surface area contributed by atoms with E-state index in [1.54, 1.807) is 0 Å². The first kappa shape index (κ1) is 9.20. The van der Waals surface area contributed by atoms with E-state index in [1.165, 1.54) is 5.69 Å². The van der Waals surface area contributed by atoms with Crippen LogP contribution in [0.3, 0.4) is 0 Å². The Labute approximate surface area is 83.5 Å². The summed E-state index contributed by atoms with van der Waals surface area (Å²) in [6, 6.07) is 2.67. The molecule has 0 N–H and O–H groups in total. The summed E-state index contributed by atoms with van der Waals surface area (Å²) in [5, 5.41) is 17.1. The van der Waals surface area contributed by atoms with Crippen molar-refractivity contribution in [2.24, 2.45) is 5.92 Å². The van der Waals surface area contributed by atoms with Crippen LogP contribution in [0.1, 0.15) is 37.7 Å². The molecule has 0 spiro atoms. The van der Waals surface area contributed by atoms with Gasteiger partial charge in [0.25, 0.3) is 0 Å². The van der Waals surface area contributed by atoms with Gasteiger partial charge in [-0.05, 0) is 26.7 Å². The van der Waals surface area contributed by atoms with Crippen LogP contribution in [0.25, 0.3) is 0 Å². The third kappa shape index (κ3) is 1.39. The smallest absolute Gasteiger partial charge is 0.0872 e. The molecule has 4 heteroatoms. The van der Waals surface area contributed by atoms with Gasteiger partial charge in [-0.15, -0.1) is 5.10 Å². The van der Waals surface area contributed by atoms with Crippen molar-refractivity contribution in [3.63, 3.8) is 0 Å². The summed E-state index contributed by atoms with van der Waals surface area (Å²) in [6.45, 7) is 4.21. The minimum atomic E-state index is 0.139. The zero-order chi connectivity index (χ0) is 10.1. The Morgan fingerprint density at radius 3 is 3.00 bits per heavy atom.